The number of aryl methyl sites for hydroxylation is 1. The Morgan fingerprint density at radius 2 is 2.09 bits per heavy atom. The molecule has 0 aliphatic carbocycles. The molecule has 0 saturated heterocycles. The zero-order chi connectivity index (χ0) is 16.2. The molecule has 3 rings (SSSR count). The second kappa shape index (κ2) is 6.64. The van der Waals surface area contributed by atoms with Gasteiger partial charge < -0.3 is 14.3 Å². The van der Waals surface area contributed by atoms with E-state index in [9.17, 15) is 4.79 Å². The molecule has 0 bridgehead atoms. The van der Waals surface area contributed by atoms with Gasteiger partial charge in [-0.3, -0.25) is 4.79 Å². The third-order valence-corrected chi connectivity index (χ3v) is 3.67. The molecule has 23 heavy (non-hydrogen) atoms. The molecule has 0 aliphatic heterocycles. The summed E-state index contributed by atoms with van der Waals surface area (Å²) >= 11 is 0. The van der Waals surface area contributed by atoms with Crippen LogP contribution in [0.25, 0.3) is 22.5 Å². The number of fused-ring (bicyclic) bond motifs is 1. The Balaban J connectivity index is 2.02. The standard InChI is InChI=1S/C17H20N4O2/c1-3-9-18-15(22)11-21-13-8-6-5-7-12(13)10-14(21)17-20-19-16(4-2)23-17/h5-8,10H,3-4,9,11H2,1-2H3,(H,18,22). The second-order valence-electron chi connectivity index (χ2n) is 5.38. The quantitative estimate of drug-likeness (QED) is 0.759. The van der Waals surface area contributed by atoms with E-state index in [0.29, 0.717) is 24.7 Å². The number of nitrogens with one attached hydrogen (secondary N) is 1. The number of hydrogen-bond donors (Lipinski definition) is 1. The van der Waals surface area contributed by atoms with Gasteiger partial charge in [0.25, 0.3) is 5.89 Å². The van der Waals surface area contributed by atoms with Crippen molar-refractivity contribution < 1.29 is 9.21 Å². The van der Waals surface area contributed by atoms with Crippen LogP contribution >= 0.6 is 0 Å². The van der Waals surface area contributed by atoms with E-state index in [1.165, 1.54) is 0 Å². The molecule has 2 heterocycles. The number of aromatic nitrogens is 3. The molecular formula is C17H20N4O2. The van der Waals surface area contributed by atoms with Crippen molar-refractivity contribution in [2.24, 2.45) is 0 Å². The minimum atomic E-state index is -0.0234. The Morgan fingerprint density at radius 1 is 1.26 bits per heavy atom. The zero-order valence-electron chi connectivity index (χ0n) is 13.4. The fraction of sp³-hybridized carbons (Fsp3) is 0.353. The largest absolute Gasteiger partial charge is 0.419 e. The summed E-state index contributed by atoms with van der Waals surface area (Å²) in [5, 5.41) is 12.1. The number of amides is 1. The van der Waals surface area contributed by atoms with Crippen molar-refractivity contribution in [1.29, 1.82) is 0 Å². The minimum Gasteiger partial charge on any atom is -0.419 e. The number of rotatable bonds is 6. The Bertz CT molecular complexity index is 819. The summed E-state index contributed by atoms with van der Waals surface area (Å²) in [6.07, 6.45) is 1.60. The summed E-state index contributed by atoms with van der Waals surface area (Å²) in [7, 11) is 0. The van der Waals surface area contributed by atoms with Gasteiger partial charge in [0.05, 0.1) is 0 Å². The van der Waals surface area contributed by atoms with Crippen molar-refractivity contribution in [3.8, 4) is 11.6 Å². The SMILES string of the molecule is CCCNC(=O)Cn1c(-c2nnc(CC)o2)cc2ccccc21. The average Bonchev–Trinajstić information content (AvgIpc) is 3.18. The highest BCUT2D eigenvalue weighted by atomic mass is 16.4. The fourth-order valence-corrected chi connectivity index (χ4v) is 2.52. The van der Waals surface area contributed by atoms with E-state index >= 15 is 0 Å². The van der Waals surface area contributed by atoms with Gasteiger partial charge >= 0.3 is 0 Å². The maximum Gasteiger partial charge on any atom is 0.264 e. The molecular weight excluding hydrogens is 292 g/mol. The van der Waals surface area contributed by atoms with Crippen LogP contribution in [0.4, 0.5) is 0 Å². The number of carbonyl (C=O) groups excluding carboxylic acids is 1. The van der Waals surface area contributed by atoms with E-state index in [0.717, 1.165) is 23.0 Å². The van der Waals surface area contributed by atoms with E-state index < -0.39 is 0 Å². The number of nitrogens with zero attached hydrogens (tertiary/aromatic N) is 3. The van der Waals surface area contributed by atoms with Crippen LogP contribution in [-0.2, 0) is 17.8 Å². The van der Waals surface area contributed by atoms with Crippen LogP contribution in [0.15, 0.2) is 34.7 Å². The van der Waals surface area contributed by atoms with Gasteiger partial charge in [-0.15, -0.1) is 10.2 Å². The van der Waals surface area contributed by atoms with Gasteiger partial charge in [-0.05, 0) is 18.6 Å². The van der Waals surface area contributed by atoms with E-state index in [1.807, 2.05) is 48.7 Å². The second-order valence-corrected chi connectivity index (χ2v) is 5.38. The van der Waals surface area contributed by atoms with Crippen molar-refractivity contribution in [1.82, 2.24) is 20.1 Å². The lowest BCUT2D eigenvalue weighted by Crippen LogP contribution is -2.28. The molecule has 0 aliphatic rings. The summed E-state index contributed by atoms with van der Waals surface area (Å²) in [4.78, 5) is 12.2. The molecule has 0 unspecified atom stereocenters. The molecule has 0 saturated carbocycles. The molecule has 6 nitrogen and oxygen atoms in total. The van der Waals surface area contributed by atoms with Crippen LogP contribution in [0.1, 0.15) is 26.2 Å². The predicted octanol–water partition coefficient (Wildman–Crippen LogP) is 2.78. The lowest BCUT2D eigenvalue weighted by molar-refractivity contribution is -0.121. The maximum absolute atomic E-state index is 12.2. The van der Waals surface area contributed by atoms with Gasteiger partial charge in [0.15, 0.2) is 0 Å². The van der Waals surface area contributed by atoms with Crippen LogP contribution < -0.4 is 5.32 Å². The lowest BCUT2D eigenvalue weighted by atomic mass is 10.2. The van der Waals surface area contributed by atoms with Crippen molar-refractivity contribution in [2.75, 3.05) is 6.54 Å². The van der Waals surface area contributed by atoms with E-state index in [4.69, 9.17) is 4.42 Å². The third-order valence-electron chi connectivity index (χ3n) is 3.67. The van der Waals surface area contributed by atoms with E-state index in [1.54, 1.807) is 0 Å². The highest BCUT2D eigenvalue weighted by Crippen LogP contribution is 2.27. The monoisotopic (exact) mass is 312 g/mol. The van der Waals surface area contributed by atoms with E-state index in [-0.39, 0.29) is 12.5 Å². The summed E-state index contributed by atoms with van der Waals surface area (Å²) < 4.78 is 7.60. The summed E-state index contributed by atoms with van der Waals surface area (Å²) in [5.74, 6) is 1.01. The van der Waals surface area contributed by atoms with Gasteiger partial charge in [0, 0.05) is 23.9 Å². The molecule has 2 aromatic heterocycles. The molecule has 0 spiro atoms. The Hall–Kier alpha value is -2.63. The van der Waals surface area contributed by atoms with Gasteiger partial charge in [0.2, 0.25) is 11.8 Å². The third kappa shape index (κ3) is 3.11. The first-order valence-corrected chi connectivity index (χ1v) is 7.90. The number of para-hydroxylation sites is 1. The lowest BCUT2D eigenvalue weighted by Gasteiger charge is -2.09. The molecule has 1 N–H and O–H groups in total. The Labute approximate surface area is 134 Å². The van der Waals surface area contributed by atoms with Crippen molar-refractivity contribution in [3.05, 3.63) is 36.2 Å². The van der Waals surface area contributed by atoms with Crippen molar-refractivity contribution in [3.63, 3.8) is 0 Å². The van der Waals surface area contributed by atoms with E-state index in [2.05, 4.69) is 15.5 Å². The number of benzene rings is 1. The normalized spacial score (nSPS) is 11.0. The highest BCUT2D eigenvalue weighted by Gasteiger charge is 2.17. The Morgan fingerprint density at radius 3 is 2.83 bits per heavy atom. The van der Waals surface area contributed by atoms with Crippen molar-refractivity contribution in [2.45, 2.75) is 33.2 Å². The minimum absolute atomic E-state index is 0.0234. The molecule has 6 heteroatoms. The molecule has 0 atom stereocenters. The van der Waals surface area contributed by atoms with Crippen LogP contribution in [0.5, 0.6) is 0 Å². The molecule has 1 aromatic carbocycles. The van der Waals surface area contributed by atoms with Crippen LogP contribution in [0.2, 0.25) is 0 Å². The maximum atomic E-state index is 12.2. The summed E-state index contributed by atoms with van der Waals surface area (Å²) in [6.45, 7) is 4.90. The molecule has 0 fully saturated rings. The molecule has 0 radical (unpaired) electrons. The first kappa shape index (κ1) is 15.3. The molecule has 1 amide bonds. The topological polar surface area (TPSA) is 73.0 Å². The fourth-order valence-electron chi connectivity index (χ4n) is 2.52. The van der Waals surface area contributed by atoms with Gasteiger partial charge in [0.1, 0.15) is 12.2 Å². The number of hydrogen-bond acceptors (Lipinski definition) is 4. The van der Waals surface area contributed by atoms with Crippen LogP contribution in [-0.4, -0.2) is 27.2 Å². The van der Waals surface area contributed by atoms with Gasteiger partial charge in [-0.25, -0.2) is 0 Å². The van der Waals surface area contributed by atoms with Crippen molar-refractivity contribution >= 4 is 16.8 Å². The summed E-state index contributed by atoms with van der Waals surface area (Å²) in [5.41, 5.74) is 1.75. The van der Waals surface area contributed by atoms with Gasteiger partial charge in [-0.2, -0.15) is 0 Å². The first-order chi connectivity index (χ1) is 11.2. The van der Waals surface area contributed by atoms with Crippen LogP contribution in [0, 0.1) is 0 Å². The first-order valence-electron chi connectivity index (χ1n) is 7.90. The zero-order valence-corrected chi connectivity index (χ0v) is 13.4. The Kier molecular flexibility index (Phi) is 4.41. The molecule has 120 valence electrons. The summed E-state index contributed by atoms with van der Waals surface area (Å²) in [6, 6.07) is 9.91. The van der Waals surface area contributed by atoms with Crippen LogP contribution in [0.3, 0.4) is 0 Å². The number of carbonyl (C=O) groups is 1. The smallest absolute Gasteiger partial charge is 0.264 e. The molecule has 3 aromatic rings. The highest BCUT2D eigenvalue weighted by molar-refractivity contribution is 5.88. The van der Waals surface area contributed by atoms with Gasteiger partial charge in [-0.1, -0.05) is 32.0 Å². The average molecular weight is 312 g/mol. The predicted molar refractivity (Wildman–Crippen MR) is 87.9 cm³/mol.